The van der Waals surface area contributed by atoms with E-state index in [2.05, 4.69) is 12.2 Å². The Hall–Kier alpha value is -2.60. The van der Waals surface area contributed by atoms with Gasteiger partial charge in [0.1, 0.15) is 17.9 Å². The maximum atomic E-state index is 12.8. The number of aromatic nitrogens is 1. The Bertz CT molecular complexity index is 976. The third-order valence-corrected chi connectivity index (χ3v) is 5.10. The Labute approximate surface area is 142 Å². The highest BCUT2D eigenvalue weighted by Gasteiger charge is 2.24. The first-order valence-corrected chi connectivity index (χ1v) is 8.72. The lowest BCUT2D eigenvalue weighted by Crippen LogP contribution is -2.29. The topological polar surface area (TPSA) is 60.3 Å². The van der Waals surface area contributed by atoms with E-state index < -0.39 is 0 Å². The van der Waals surface area contributed by atoms with Crippen LogP contribution in [0.3, 0.4) is 0 Å². The summed E-state index contributed by atoms with van der Waals surface area (Å²) >= 11 is 1.42. The van der Waals surface area contributed by atoms with Gasteiger partial charge in [0.2, 0.25) is 5.43 Å². The number of anilines is 1. The van der Waals surface area contributed by atoms with Crippen LogP contribution in [0.25, 0.3) is 10.9 Å². The van der Waals surface area contributed by atoms with Gasteiger partial charge < -0.3 is 14.6 Å². The molecule has 3 aromatic rings. The van der Waals surface area contributed by atoms with Crippen molar-refractivity contribution >= 4 is 33.1 Å². The molecule has 1 aliphatic rings. The molecule has 4 rings (SSSR count). The van der Waals surface area contributed by atoms with E-state index in [0.29, 0.717) is 17.7 Å². The van der Waals surface area contributed by atoms with E-state index in [1.807, 2.05) is 28.1 Å². The number of pyridine rings is 1. The zero-order chi connectivity index (χ0) is 16.7. The molecule has 1 atom stereocenters. The number of amides is 1. The minimum absolute atomic E-state index is 0.108. The van der Waals surface area contributed by atoms with Gasteiger partial charge in [-0.3, -0.25) is 9.59 Å². The van der Waals surface area contributed by atoms with Crippen molar-refractivity contribution in [2.24, 2.45) is 0 Å². The zero-order valence-electron chi connectivity index (χ0n) is 13.1. The molecule has 0 bridgehead atoms. The molecule has 0 aliphatic carbocycles. The molecule has 0 spiro atoms. The number of hydrogen-bond donors (Lipinski definition) is 1. The SMILES string of the molecule is CCC1COc2cccc3c(=O)c(C(=O)Nc4cccs4)cn1c23. The smallest absolute Gasteiger partial charge is 0.261 e. The van der Waals surface area contributed by atoms with Gasteiger partial charge in [-0.05, 0) is 36.1 Å². The Kier molecular flexibility index (Phi) is 3.61. The van der Waals surface area contributed by atoms with Crippen LogP contribution < -0.4 is 15.5 Å². The molecule has 0 fully saturated rings. The predicted molar refractivity (Wildman–Crippen MR) is 95.3 cm³/mol. The molecule has 3 heterocycles. The number of benzene rings is 1. The molecule has 1 amide bonds. The average Bonchev–Trinajstić information content (AvgIpc) is 3.10. The lowest BCUT2D eigenvalue weighted by Gasteiger charge is -2.28. The van der Waals surface area contributed by atoms with E-state index in [0.717, 1.165) is 16.9 Å². The number of carbonyl (C=O) groups is 1. The molecule has 0 radical (unpaired) electrons. The van der Waals surface area contributed by atoms with Gasteiger partial charge in [0.25, 0.3) is 5.91 Å². The number of nitrogens with one attached hydrogen (secondary N) is 1. The lowest BCUT2D eigenvalue weighted by atomic mass is 10.1. The first kappa shape index (κ1) is 15.0. The Balaban J connectivity index is 1.90. The van der Waals surface area contributed by atoms with E-state index in [9.17, 15) is 9.59 Å². The second kappa shape index (κ2) is 5.79. The maximum absolute atomic E-state index is 12.8. The van der Waals surface area contributed by atoms with E-state index >= 15 is 0 Å². The minimum atomic E-state index is -0.375. The zero-order valence-corrected chi connectivity index (χ0v) is 13.9. The molecule has 5 nitrogen and oxygen atoms in total. The van der Waals surface area contributed by atoms with E-state index in [1.54, 1.807) is 18.3 Å². The van der Waals surface area contributed by atoms with Crippen molar-refractivity contribution in [3.63, 3.8) is 0 Å². The number of rotatable bonds is 3. The summed E-state index contributed by atoms with van der Waals surface area (Å²) in [5.74, 6) is 0.319. The van der Waals surface area contributed by atoms with Gasteiger partial charge in [-0.2, -0.15) is 0 Å². The number of para-hydroxylation sites is 1. The first-order valence-electron chi connectivity index (χ1n) is 7.84. The Morgan fingerprint density at radius 2 is 2.25 bits per heavy atom. The fraction of sp³-hybridized carbons (Fsp3) is 0.222. The summed E-state index contributed by atoms with van der Waals surface area (Å²) in [4.78, 5) is 25.4. The van der Waals surface area contributed by atoms with Crippen LogP contribution in [-0.4, -0.2) is 17.1 Å². The second-order valence-corrected chi connectivity index (χ2v) is 6.68. The van der Waals surface area contributed by atoms with Crippen LogP contribution in [0, 0.1) is 0 Å². The molecule has 122 valence electrons. The van der Waals surface area contributed by atoms with Crippen LogP contribution in [0.5, 0.6) is 5.75 Å². The number of ether oxygens (including phenoxy) is 1. The van der Waals surface area contributed by atoms with Crippen LogP contribution in [0.1, 0.15) is 29.7 Å². The molecule has 0 saturated carbocycles. The summed E-state index contributed by atoms with van der Waals surface area (Å²) < 4.78 is 7.79. The molecule has 1 N–H and O–H groups in total. The van der Waals surface area contributed by atoms with Crippen molar-refractivity contribution in [1.29, 1.82) is 0 Å². The number of nitrogens with zero attached hydrogens (tertiary/aromatic N) is 1. The van der Waals surface area contributed by atoms with Crippen LogP contribution >= 0.6 is 11.3 Å². The van der Waals surface area contributed by atoms with Gasteiger partial charge in [-0.15, -0.1) is 11.3 Å². The van der Waals surface area contributed by atoms with Crippen molar-refractivity contribution in [3.05, 3.63) is 57.7 Å². The van der Waals surface area contributed by atoms with Crippen molar-refractivity contribution in [2.45, 2.75) is 19.4 Å². The molecule has 1 unspecified atom stereocenters. The molecule has 24 heavy (non-hydrogen) atoms. The fourth-order valence-electron chi connectivity index (χ4n) is 3.06. The van der Waals surface area contributed by atoms with Crippen molar-refractivity contribution in [2.75, 3.05) is 11.9 Å². The molecular weight excluding hydrogens is 324 g/mol. The maximum Gasteiger partial charge on any atom is 0.261 e. The van der Waals surface area contributed by atoms with Crippen molar-refractivity contribution < 1.29 is 9.53 Å². The number of hydrogen-bond acceptors (Lipinski definition) is 4. The van der Waals surface area contributed by atoms with Gasteiger partial charge in [-0.25, -0.2) is 0 Å². The average molecular weight is 340 g/mol. The fourth-order valence-corrected chi connectivity index (χ4v) is 3.67. The summed E-state index contributed by atoms with van der Waals surface area (Å²) in [5.41, 5.74) is 0.666. The normalized spacial score (nSPS) is 16.0. The molecule has 1 aromatic carbocycles. The highest BCUT2D eigenvalue weighted by Crippen LogP contribution is 2.32. The van der Waals surface area contributed by atoms with Crippen molar-refractivity contribution in [3.8, 4) is 5.75 Å². The van der Waals surface area contributed by atoms with Crippen LogP contribution in [0.2, 0.25) is 0 Å². The van der Waals surface area contributed by atoms with Gasteiger partial charge >= 0.3 is 0 Å². The third-order valence-electron chi connectivity index (χ3n) is 4.31. The summed E-state index contributed by atoms with van der Waals surface area (Å²) in [6, 6.07) is 9.17. The summed E-state index contributed by atoms with van der Waals surface area (Å²) in [5, 5.41) is 5.92. The van der Waals surface area contributed by atoms with E-state index in [4.69, 9.17) is 4.74 Å². The largest absolute Gasteiger partial charge is 0.489 e. The molecule has 1 aliphatic heterocycles. The summed E-state index contributed by atoms with van der Waals surface area (Å²) in [6.45, 7) is 2.61. The quantitative estimate of drug-likeness (QED) is 0.791. The summed E-state index contributed by atoms with van der Waals surface area (Å²) in [6.07, 6.45) is 2.53. The lowest BCUT2D eigenvalue weighted by molar-refractivity contribution is 0.102. The standard InChI is InChI=1S/C18H16N2O3S/c1-2-11-10-23-14-6-3-5-12-16(14)20(11)9-13(17(12)21)18(22)19-15-7-4-8-24-15/h3-9,11H,2,10H2,1H3,(H,19,22). The van der Waals surface area contributed by atoms with Crippen molar-refractivity contribution in [1.82, 2.24) is 4.57 Å². The first-order chi connectivity index (χ1) is 11.7. The predicted octanol–water partition coefficient (Wildman–Crippen LogP) is 3.66. The van der Waals surface area contributed by atoms with Gasteiger partial charge in [0.05, 0.1) is 21.9 Å². The third kappa shape index (κ3) is 2.30. The summed E-state index contributed by atoms with van der Waals surface area (Å²) in [7, 11) is 0. The number of carbonyl (C=O) groups excluding carboxylic acids is 1. The highest BCUT2D eigenvalue weighted by molar-refractivity contribution is 7.14. The Morgan fingerprint density at radius 1 is 1.38 bits per heavy atom. The second-order valence-electron chi connectivity index (χ2n) is 5.74. The molecular formula is C18H16N2O3S. The van der Waals surface area contributed by atoms with Gasteiger partial charge in [0.15, 0.2) is 0 Å². The van der Waals surface area contributed by atoms with Crippen LogP contribution in [0.15, 0.2) is 46.7 Å². The van der Waals surface area contributed by atoms with Crippen LogP contribution in [-0.2, 0) is 0 Å². The number of thiophene rings is 1. The molecule has 6 heteroatoms. The Morgan fingerprint density at radius 3 is 3.00 bits per heavy atom. The molecule has 0 saturated heterocycles. The minimum Gasteiger partial charge on any atom is -0.489 e. The van der Waals surface area contributed by atoms with Gasteiger partial charge in [-0.1, -0.05) is 13.0 Å². The van der Waals surface area contributed by atoms with E-state index in [-0.39, 0.29) is 22.9 Å². The highest BCUT2D eigenvalue weighted by atomic mass is 32.1. The molecule has 2 aromatic heterocycles. The van der Waals surface area contributed by atoms with Crippen LogP contribution in [0.4, 0.5) is 5.00 Å². The van der Waals surface area contributed by atoms with E-state index in [1.165, 1.54) is 11.3 Å². The monoisotopic (exact) mass is 340 g/mol. The van der Waals surface area contributed by atoms with Gasteiger partial charge in [0, 0.05) is 6.20 Å².